The Bertz CT molecular complexity index is 718. The zero-order valence-electron chi connectivity index (χ0n) is 11.9. The van der Waals surface area contributed by atoms with E-state index in [1.165, 1.54) is 11.3 Å². The number of nitrogens with zero attached hydrogens (tertiary/aromatic N) is 1. The van der Waals surface area contributed by atoms with Crippen molar-refractivity contribution in [2.75, 3.05) is 6.61 Å². The topological polar surface area (TPSA) is 62.7 Å². The molecule has 0 aliphatic carbocycles. The highest BCUT2D eigenvalue weighted by atomic mass is 79.9. The molecule has 0 spiro atoms. The van der Waals surface area contributed by atoms with Crippen LogP contribution < -0.4 is 10.9 Å². The Morgan fingerprint density at radius 2 is 2.22 bits per heavy atom. The number of benzene rings is 1. The molecule has 0 radical (unpaired) electrons. The molecule has 8 heteroatoms. The van der Waals surface area contributed by atoms with Gasteiger partial charge in [0.15, 0.2) is 6.61 Å². The van der Waals surface area contributed by atoms with Gasteiger partial charge in [-0.05, 0) is 23.6 Å². The van der Waals surface area contributed by atoms with Crippen molar-refractivity contribution in [3.05, 3.63) is 61.7 Å². The van der Waals surface area contributed by atoms with Gasteiger partial charge in [-0.2, -0.15) is 5.10 Å². The smallest absolute Gasteiger partial charge is 0.268 e. The lowest BCUT2D eigenvalue weighted by molar-refractivity contribution is -0.127. The summed E-state index contributed by atoms with van der Waals surface area (Å²) in [4.78, 5) is 17.6. The second-order valence-corrected chi connectivity index (χ2v) is 7.02. The number of rotatable bonds is 7. The van der Waals surface area contributed by atoms with Crippen LogP contribution in [0.2, 0.25) is 0 Å². The van der Waals surface area contributed by atoms with Crippen molar-refractivity contribution in [2.24, 2.45) is 5.10 Å². The Balaban J connectivity index is 1.72. The Kier molecular flexibility index (Phi) is 6.97. The second-order valence-electron chi connectivity index (χ2n) is 4.31. The molecule has 0 aliphatic rings. The molecule has 1 amide bonds. The molecule has 0 aliphatic heterocycles. The summed E-state index contributed by atoms with van der Waals surface area (Å²) >= 11 is 8.31. The number of nitrogens with one attached hydrogen (secondary N) is 2. The summed E-state index contributed by atoms with van der Waals surface area (Å²) in [6, 6.07) is 9.47. The van der Waals surface area contributed by atoms with Gasteiger partial charge >= 0.3 is 0 Å². The van der Waals surface area contributed by atoms with Crippen molar-refractivity contribution in [3.63, 3.8) is 0 Å². The van der Waals surface area contributed by atoms with Gasteiger partial charge in [-0.25, -0.2) is 5.43 Å². The SMILES string of the molecule is C=C(NOCC(=O)N/N=C\c1ccc(Br)cc1Br)c1cccs1. The molecule has 23 heavy (non-hydrogen) atoms. The third-order valence-corrected chi connectivity index (χ3v) is 4.68. The number of hydroxylamine groups is 1. The standard InChI is InChI=1S/C15H13Br2N3O2S/c1-10(14-3-2-6-23-14)20-22-9-15(21)19-18-8-11-4-5-12(16)7-13(11)17/h2-8,20H,1,9H2,(H,19,21)/b18-8-. The quantitative estimate of drug-likeness (QED) is 0.488. The number of hydrogen-bond acceptors (Lipinski definition) is 5. The molecule has 0 unspecified atom stereocenters. The molecule has 0 bridgehead atoms. The van der Waals surface area contributed by atoms with E-state index in [0.717, 1.165) is 19.4 Å². The minimum atomic E-state index is -0.374. The first-order valence-corrected chi connectivity index (χ1v) is 8.90. The van der Waals surface area contributed by atoms with Gasteiger partial charge in [0, 0.05) is 14.5 Å². The van der Waals surface area contributed by atoms with Crippen LogP contribution in [0, 0.1) is 0 Å². The highest BCUT2D eigenvalue weighted by molar-refractivity contribution is 9.11. The normalized spacial score (nSPS) is 10.7. The molecule has 5 nitrogen and oxygen atoms in total. The first-order chi connectivity index (χ1) is 11.1. The van der Waals surface area contributed by atoms with E-state index in [4.69, 9.17) is 4.84 Å². The minimum Gasteiger partial charge on any atom is -0.270 e. The van der Waals surface area contributed by atoms with Crippen LogP contribution in [0.4, 0.5) is 0 Å². The van der Waals surface area contributed by atoms with Gasteiger partial charge in [-0.1, -0.05) is 50.6 Å². The van der Waals surface area contributed by atoms with E-state index in [2.05, 4.69) is 54.4 Å². The largest absolute Gasteiger partial charge is 0.270 e. The van der Waals surface area contributed by atoms with Crippen LogP contribution in [-0.2, 0) is 9.63 Å². The van der Waals surface area contributed by atoms with E-state index >= 15 is 0 Å². The average molecular weight is 459 g/mol. The fourth-order valence-electron chi connectivity index (χ4n) is 1.50. The van der Waals surface area contributed by atoms with E-state index in [0.29, 0.717) is 5.70 Å². The molecule has 2 aromatic rings. The van der Waals surface area contributed by atoms with Crippen molar-refractivity contribution in [2.45, 2.75) is 0 Å². The number of amides is 1. The lowest BCUT2D eigenvalue weighted by Crippen LogP contribution is -2.26. The Hall–Kier alpha value is -1.48. The van der Waals surface area contributed by atoms with Crippen LogP contribution in [0.25, 0.3) is 5.70 Å². The summed E-state index contributed by atoms with van der Waals surface area (Å²) in [5.74, 6) is -0.374. The highest BCUT2D eigenvalue weighted by Gasteiger charge is 2.03. The lowest BCUT2D eigenvalue weighted by atomic mass is 10.2. The zero-order chi connectivity index (χ0) is 16.7. The fourth-order valence-corrected chi connectivity index (χ4v) is 3.30. The summed E-state index contributed by atoms with van der Waals surface area (Å²) in [6.45, 7) is 3.64. The Morgan fingerprint density at radius 3 is 2.91 bits per heavy atom. The van der Waals surface area contributed by atoms with E-state index in [-0.39, 0.29) is 12.5 Å². The third kappa shape index (κ3) is 5.91. The lowest BCUT2D eigenvalue weighted by Gasteiger charge is -2.07. The van der Waals surface area contributed by atoms with Crippen molar-refractivity contribution < 1.29 is 9.63 Å². The zero-order valence-corrected chi connectivity index (χ0v) is 15.9. The van der Waals surface area contributed by atoms with E-state index in [1.807, 2.05) is 35.7 Å². The fraction of sp³-hybridized carbons (Fsp3) is 0.0667. The van der Waals surface area contributed by atoms with E-state index < -0.39 is 0 Å². The third-order valence-electron chi connectivity index (χ3n) is 2.57. The Labute approximate surface area is 154 Å². The molecule has 1 heterocycles. The Morgan fingerprint density at radius 1 is 1.39 bits per heavy atom. The number of carbonyl (C=O) groups is 1. The van der Waals surface area contributed by atoms with Gasteiger partial charge in [0.25, 0.3) is 5.91 Å². The molecular weight excluding hydrogens is 446 g/mol. The van der Waals surface area contributed by atoms with Crippen molar-refractivity contribution >= 4 is 61.0 Å². The van der Waals surface area contributed by atoms with Gasteiger partial charge in [0.2, 0.25) is 0 Å². The van der Waals surface area contributed by atoms with Crippen LogP contribution in [0.5, 0.6) is 0 Å². The molecular formula is C15H13Br2N3O2S. The summed E-state index contributed by atoms with van der Waals surface area (Å²) < 4.78 is 1.83. The summed E-state index contributed by atoms with van der Waals surface area (Å²) in [6.07, 6.45) is 1.55. The molecule has 0 saturated heterocycles. The molecule has 0 fully saturated rings. The van der Waals surface area contributed by atoms with Crippen molar-refractivity contribution in [3.8, 4) is 0 Å². The maximum absolute atomic E-state index is 11.6. The van der Waals surface area contributed by atoms with Gasteiger partial charge in [0.1, 0.15) is 0 Å². The average Bonchev–Trinajstić information content (AvgIpc) is 3.04. The maximum Gasteiger partial charge on any atom is 0.268 e. The second kappa shape index (κ2) is 8.97. The number of hydrogen-bond donors (Lipinski definition) is 2. The van der Waals surface area contributed by atoms with Crippen LogP contribution in [-0.4, -0.2) is 18.7 Å². The molecule has 2 rings (SSSR count). The molecule has 1 aromatic heterocycles. The number of hydrazone groups is 1. The number of halogens is 2. The van der Waals surface area contributed by atoms with Crippen LogP contribution >= 0.6 is 43.2 Å². The predicted octanol–water partition coefficient (Wildman–Crippen LogP) is 3.92. The first kappa shape index (κ1) is 17.9. The number of carbonyl (C=O) groups excluding carboxylic acids is 1. The van der Waals surface area contributed by atoms with Gasteiger partial charge < -0.3 is 0 Å². The number of thiophene rings is 1. The van der Waals surface area contributed by atoms with E-state index in [9.17, 15) is 4.79 Å². The molecule has 120 valence electrons. The molecule has 0 atom stereocenters. The molecule has 0 saturated carbocycles. The van der Waals surface area contributed by atoms with Gasteiger partial charge in [-0.15, -0.1) is 11.3 Å². The molecule has 2 N–H and O–H groups in total. The maximum atomic E-state index is 11.6. The van der Waals surface area contributed by atoms with Crippen molar-refractivity contribution in [1.82, 2.24) is 10.9 Å². The van der Waals surface area contributed by atoms with Gasteiger partial charge in [-0.3, -0.25) is 15.1 Å². The summed E-state index contributed by atoms with van der Waals surface area (Å²) in [5, 5.41) is 5.82. The van der Waals surface area contributed by atoms with Crippen molar-refractivity contribution in [1.29, 1.82) is 0 Å². The van der Waals surface area contributed by atoms with Crippen LogP contribution in [0.3, 0.4) is 0 Å². The molecule has 1 aromatic carbocycles. The first-order valence-electron chi connectivity index (χ1n) is 6.44. The summed E-state index contributed by atoms with van der Waals surface area (Å²) in [7, 11) is 0. The van der Waals surface area contributed by atoms with Crippen LogP contribution in [0.15, 0.2) is 56.3 Å². The van der Waals surface area contributed by atoms with Gasteiger partial charge in [0.05, 0.1) is 16.8 Å². The predicted molar refractivity (Wildman–Crippen MR) is 100 cm³/mol. The highest BCUT2D eigenvalue weighted by Crippen LogP contribution is 2.20. The van der Waals surface area contributed by atoms with E-state index in [1.54, 1.807) is 6.21 Å². The summed E-state index contributed by atoms with van der Waals surface area (Å²) in [5.41, 5.74) is 6.47. The minimum absolute atomic E-state index is 0.177. The monoisotopic (exact) mass is 457 g/mol. The van der Waals surface area contributed by atoms with Crippen LogP contribution in [0.1, 0.15) is 10.4 Å².